The summed E-state index contributed by atoms with van der Waals surface area (Å²) in [5, 5.41) is 10.3. The fourth-order valence-corrected chi connectivity index (χ4v) is 2.71. The summed E-state index contributed by atoms with van der Waals surface area (Å²) in [5.41, 5.74) is 7.34. The van der Waals surface area contributed by atoms with Crippen LogP contribution in [0.4, 0.5) is 10.1 Å². The topological polar surface area (TPSA) is 114 Å². The number of nitrogens with zero attached hydrogens (tertiary/aromatic N) is 2. The first-order valence-corrected chi connectivity index (χ1v) is 7.66. The highest BCUT2D eigenvalue weighted by Crippen LogP contribution is 2.21. The van der Waals surface area contributed by atoms with Gasteiger partial charge in [0.05, 0.1) is 16.6 Å². The number of amides is 2. The molecule has 0 saturated carbocycles. The smallest absolute Gasteiger partial charge is 0.269 e. The number of anilines is 1. The molecular formula is C18H12FN5O2. The van der Waals surface area contributed by atoms with E-state index in [1.165, 1.54) is 18.3 Å². The maximum atomic E-state index is 13.4. The Morgan fingerprint density at radius 2 is 1.96 bits per heavy atom. The van der Waals surface area contributed by atoms with Gasteiger partial charge in [0.25, 0.3) is 11.8 Å². The van der Waals surface area contributed by atoms with Crippen molar-refractivity contribution in [2.45, 2.75) is 0 Å². The fourth-order valence-electron chi connectivity index (χ4n) is 2.71. The Kier molecular flexibility index (Phi) is 3.58. The molecule has 0 aliphatic rings. The van der Waals surface area contributed by atoms with Gasteiger partial charge in [0.15, 0.2) is 5.69 Å². The summed E-state index contributed by atoms with van der Waals surface area (Å²) in [6, 6.07) is 10.7. The van der Waals surface area contributed by atoms with Crippen LogP contribution in [0.25, 0.3) is 21.8 Å². The summed E-state index contributed by atoms with van der Waals surface area (Å²) in [6.07, 6.45) is 1.42. The van der Waals surface area contributed by atoms with Crippen LogP contribution in [0.5, 0.6) is 0 Å². The molecule has 4 aromatic rings. The number of rotatable bonds is 3. The Balaban J connectivity index is 1.66. The van der Waals surface area contributed by atoms with Gasteiger partial charge < -0.3 is 11.1 Å². The molecule has 7 nitrogen and oxygen atoms in total. The lowest BCUT2D eigenvalue weighted by atomic mass is 10.1. The van der Waals surface area contributed by atoms with Crippen molar-refractivity contribution in [3.63, 3.8) is 0 Å². The Morgan fingerprint density at radius 3 is 2.77 bits per heavy atom. The number of benzene rings is 2. The van der Waals surface area contributed by atoms with Crippen molar-refractivity contribution in [3.8, 4) is 0 Å². The van der Waals surface area contributed by atoms with Crippen molar-refractivity contribution in [3.05, 3.63) is 65.7 Å². The number of carbonyl (C=O) groups is 2. The number of halogens is 1. The minimum Gasteiger partial charge on any atom is -0.364 e. The van der Waals surface area contributed by atoms with Gasteiger partial charge >= 0.3 is 0 Å². The van der Waals surface area contributed by atoms with E-state index in [1.54, 1.807) is 30.3 Å². The van der Waals surface area contributed by atoms with Crippen LogP contribution in [0.1, 0.15) is 20.8 Å². The van der Waals surface area contributed by atoms with Gasteiger partial charge in [-0.15, -0.1) is 0 Å². The summed E-state index contributed by atoms with van der Waals surface area (Å²) in [7, 11) is 0. The minimum absolute atomic E-state index is 0.0962. The predicted molar refractivity (Wildman–Crippen MR) is 94.3 cm³/mol. The molecule has 0 radical (unpaired) electrons. The molecule has 2 aromatic carbocycles. The maximum absolute atomic E-state index is 13.4. The zero-order chi connectivity index (χ0) is 18.3. The van der Waals surface area contributed by atoms with E-state index < -0.39 is 17.6 Å². The lowest BCUT2D eigenvalue weighted by Crippen LogP contribution is -2.13. The number of aromatic amines is 1. The van der Waals surface area contributed by atoms with Crippen molar-refractivity contribution in [1.82, 2.24) is 15.2 Å². The summed E-state index contributed by atoms with van der Waals surface area (Å²) >= 11 is 0. The van der Waals surface area contributed by atoms with Crippen LogP contribution in [0.3, 0.4) is 0 Å². The third-order valence-corrected chi connectivity index (χ3v) is 3.96. The third-order valence-electron chi connectivity index (χ3n) is 3.96. The summed E-state index contributed by atoms with van der Waals surface area (Å²) in [6.45, 7) is 0. The first kappa shape index (κ1) is 15.7. The van der Waals surface area contributed by atoms with E-state index in [1.807, 2.05) is 0 Å². The quantitative estimate of drug-likeness (QED) is 0.527. The van der Waals surface area contributed by atoms with Crippen molar-refractivity contribution < 1.29 is 14.0 Å². The highest BCUT2D eigenvalue weighted by Gasteiger charge is 2.13. The Bertz CT molecular complexity index is 1180. The van der Waals surface area contributed by atoms with Crippen molar-refractivity contribution >= 4 is 39.3 Å². The summed E-state index contributed by atoms with van der Waals surface area (Å²) < 4.78 is 13.4. The van der Waals surface area contributed by atoms with Crippen molar-refractivity contribution in [2.24, 2.45) is 5.73 Å². The molecule has 2 amide bonds. The average Bonchev–Trinajstić information content (AvgIpc) is 3.04. The van der Waals surface area contributed by atoms with Gasteiger partial charge in [-0.05, 0) is 42.5 Å². The first-order chi connectivity index (χ1) is 12.5. The van der Waals surface area contributed by atoms with Crippen LogP contribution in [0.15, 0.2) is 48.7 Å². The van der Waals surface area contributed by atoms with Gasteiger partial charge in [-0.3, -0.25) is 19.7 Å². The number of nitrogens with two attached hydrogens (primary N) is 1. The molecule has 8 heteroatoms. The molecular weight excluding hydrogens is 337 g/mol. The van der Waals surface area contributed by atoms with E-state index in [2.05, 4.69) is 20.5 Å². The minimum atomic E-state index is -0.666. The first-order valence-electron chi connectivity index (χ1n) is 7.66. The van der Waals surface area contributed by atoms with Crippen LogP contribution in [0.2, 0.25) is 0 Å². The van der Waals surface area contributed by atoms with Gasteiger partial charge in [-0.1, -0.05) is 0 Å². The molecule has 2 heterocycles. The van der Waals surface area contributed by atoms with Crippen LogP contribution in [-0.2, 0) is 0 Å². The summed E-state index contributed by atoms with van der Waals surface area (Å²) in [4.78, 5) is 28.0. The highest BCUT2D eigenvalue weighted by molar-refractivity contribution is 6.08. The van der Waals surface area contributed by atoms with E-state index in [-0.39, 0.29) is 11.3 Å². The van der Waals surface area contributed by atoms with Gasteiger partial charge in [-0.2, -0.15) is 5.10 Å². The number of aromatic nitrogens is 3. The number of carbonyl (C=O) groups excluding carboxylic acids is 2. The Hall–Kier alpha value is -3.81. The molecule has 0 atom stereocenters. The highest BCUT2D eigenvalue weighted by atomic mass is 19.1. The molecule has 128 valence electrons. The molecule has 0 fully saturated rings. The molecule has 0 aliphatic heterocycles. The number of primary amides is 1. The normalized spacial score (nSPS) is 11.0. The number of hydrogen-bond acceptors (Lipinski definition) is 4. The number of hydrogen-bond donors (Lipinski definition) is 3. The van der Waals surface area contributed by atoms with Gasteiger partial charge in [0, 0.05) is 22.7 Å². The molecule has 0 saturated heterocycles. The zero-order valence-electron chi connectivity index (χ0n) is 13.3. The second-order valence-electron chi connectivity index (χ2n) is 5.71. The molecule has 0 aliphatic carbocycles. The van der Waals surface area contributed by atoms with Crippen LogP contribution < -0.4 is 11.1 Å². The molecule has 0 spiro atoms. The molecule has 26 heavy (non-hydrogen) atoms. The number of fused-ring (bicyclic) bond motifs is 2. The average molecular weight is 349 g/mol. The number of H-pyrrole nitrogens is 1. The Labute approximate surface area is 146 Å². The van der Waals surface area contributed by atoms with Crippen molar-refractivity contribution in [1.29, 1.82) is 0 Å². The number of pyridine rings is 1. The van der Waals surface area contributed by atoms with Crippen LogP contribution in [-0.4, -0.2) is 27.0 Å². The lowest BCUT2D eigenvalue weighted by molar-refractivity contribution is 0.0995. The van der Waals surface area contributed by atoms with Crippen molar-refractivity contribution in [2.75, 3.05) is 5.32 Å². The van der Waals surface area contributed by atoms with E-state index in [0.29, 0.717) is 27.5 Å². The predicted octanol–water partition coefficient (Wildman–Crippen LogP) is 2.60. The van der Waals surface area contributed by atoms with E-state index in [0.717, 1.165) is 0 Å². The third kappa shape index (κ3) is 2.73. The van der Waals surface area contributed by atoms with Gasteiger partial charge in [-0.25, -0.2) is 4.39 Å². The van der Waals surface area contributed by atoms with Crippen LogP contribution in [0, 0.1) is 5.82 Å². The fraction of sp³-hybridized carbons (Fsp3) is 0. The summed E-state index contributed by atoms with van der Waals surface area (Å²) in [5.74, 6) is -1.48. The zero-order valence-corrected chi connectivity index (χ0v) is 13.3. The van der Waals surface area contributed by atoms with E-state index in [9.17, 15) is 14.0 Å². The van der Waals surface area contributed by atoms with Crippen LogP contribution >= 0.6 is 0 Å². The molecule has 0 bridgehead atoms. The molecule has 0 unspecified atom stereocenters. The second-order valence-corrected chi connectivity index (χ2v) is 5.71. The lowest BCUT2D eigenvalue weighted by Gasteiger charge is -2.06. The Morgan fingerprint density at radius 1 is 1.12 bits per heavy atom. The van der Waals surface area contributed by atoms with E-state index in [4.69, 9.17) is 5.73 Å². The standard InChI is InChI=1S/C18H12FN5O2/c19-11-1-3-14-9(6-11)5-10(8-21-14)18(26)22-12-2-4-15-13(7-12)16(17(20)25)24-23-15/h1-8H,(H2,20,25)(H,22,26)(H,23,24). The largest absolute Gasteiger partial charge is 0.364 e. The van der Waals surface area contributed by atoms with Gasteiger partial charge in [0.1, 0.15) is 5.82 Å². The molecule has 4 N–H and O–H groups in total. The molecule has 4 rings (SSSR count). The maximum Gasteiger partial charge on any atom is 0.269 e. The second kappa shape index (κ2) is 5.92. The SMILES string of the molecule is NC(=O)c1n[nH]c2ccc(NC(=O)c3cnc4ccc(F)cc4c3)cc12. The molecule has 2 aromatic heterocycles. The van der Waals surface area contributed by atoms with E-state index >= 15 is 0 Å². The number of nitrogens with one attached hydrogen (secondary N) is 2. The monoisotopic (exact) mass is 349 g/mol. The van der Waals surface area contributed by atoms with Gasteiger partial charge in [0.2, 0.25) is 0 Å².